The van der Waals surface area contributed by atoms with Gasteiger partial charge in [0.2, 0.25) is 5.91 Å². The largest absolute Gasteiger partial charge is 0.369 e. The molecule has 172 valence electrons. The van der Waals surface area contributed by atoms with Crippen molar-refractivity contribution in [1.82, 2.24) is 15.6 Å². The van der Waals surface area contributed by atoms with E-state index in [-0.39, 0.29) is 23.1 Å². The van der Waals surface area contributed by atoms with Gasteiger partial charge >= 0.3 is 0 Å². The molecule has 0 bridgehead atoms. The summed E-state index contributed by atoms with van der Waals surface area (Å²) in [7, 11) is 1.03. The first-order valence-corrected chi connectivity index (χ1v) is 12.7. The molecule has 1 saturated heterocycles. The number of carbonyl (C=O) groups is 1. The Labute approximate surface area is 187 Å². The van der Waals surface area contributed by atoms with Crippen molar-refractivity contribution in [3.63, 3.8) is 0 Å². The van der Waals surface area contributed by atoms with Gasteiger partial charge in [0, 0.05) is 66.3 Å². The van der Waals surface area contributed by atoms with Crippen LogP contribution < -0.4 is 21.3 Å². The maximum atomic E-state index is 12.2. The van der Waals surface area contributed by atoms with E-state index in [0.29, 0.717) is 13.1 Å². The van der Waals surface area contributed by atoms with Crippen LogP contribution in [0.5, 0.6) is 0 Å². The molecule has 2 heterocycles. The molecule has 1 aliphatic heterocycles. The fourth-order valence-electron chi connectivity index (χ4n) is 4.57. The van der Waals surface area contributed by atoms with Crippen LogP contribution in [0.1, 0.15) is 51.0 Å². The van der Waals surface area contributed by atoms with Crippen LogP contribution in [0.4, 0.5) is 5.82 Å². The zero-order chi connectivity index (χ0) is 22.2. The van der Waals surface area contributed by atoms with Crippen LogP contribution in [0.3, 0.4) is 0 Å². The van der Waals surface area contributed by atoms with E-state index in [9.17, 15) is 9.00 Å². The molecule has 8 nitrogen and oxygen atoms in total. The van der Waals surface area contributed by atoms with Crippen molar-refractivity contribution in [3.05, 3.63) is 23.9 Å². The Hall–Kier alpha value is -2.16. The highest BCUT2D eigenvalue weighted by Gasteiger charge is 2.27. The Balaban J connectivity index is 1.60. The highest BCUT2D eigenvalue weighted by atomic mass is 32.2. The van der Waals surface area contributed by atoms with Crippen molar-refractivity contribution in [2.45, 2.75) is 63.3 Å². The average molecular weight is 449 g/mol. The maximum absolute atomic E-state index is 12.2. The quantitative estimate of drug-likeness (QED) is 0.431. The SMILES string of the molecule is CCS(=O)C1CCCC(NC(=NC)NCc2cccnc2N2CCCC(C(N)=O)C2)C1. The van der Waals surface area contributed by atoms with Gasteiger partial charge in [-0.15, -0.1) is 0 Å². The number of rotatable bonds is 7. The summed E-state index contributed by atoms with van der Waals surface area (Å²) < 4.78 is 12.2. The molecule has 2 fully saturated rings. The lowest BCUT2D eigenvalue weighted by Gasteiger charge is -2.33. The number of aliphatic imine (C=N–C) groups is 1. The summed E-state index contributed by atoms with van der Waals surface area (Å²) in [4.78, 5) is 22.8. The summed E-state index contributed by atoms with van der Waals surface area (Å²) in [5.41, 5.74) is 6.61. The third-order valence-corrected chi connectivity index (χ3v) is 8.02. The topological polar surface area (TPSA) is 113 Å². The van der Waals surface area contributed by atoms with Gasteiger partial charge < -0.3 is 21.3 Å². The smallest absolute Gasteiger partial charge is 0.222 e. The zero-order valence-corrected chi connectivity index (χ0v) is 19.5. The molecule has 31 heavy (non-hydrogen) atoms. The van der Waals surface area contributed by atoms with Crippen LogP contribution in [-0.2, 0) is 22.1 Å². The molecule has 4 N–H and O–H groups in total. The van der Waals surface area contributed by atoms with Gasteiger partial charge in [0.15, 0.2) is 5.96 Å². The summed E-state index contributed by atoms with van der Waals surface area (Å²) in [6, 6.07) is 4.27. The number of nitrogens with two attached hydrogens (primary N) is 1. The van der Waals surface area contributed by atoms with Crippen LogP contribution in [0, 0.1) is 5.92 Å². The number of hydrogen-bond donors (Lipinski definition) is 3. The third-order valence-electron chi connectivity index (χ3n) is 6.28. The molecule has 4 atom stereocenters. The third kappa shape index (κ3) is 6.41. The highest BCUT2D eigenvalue weighted by molar-refractivity contribution is 7.85. The van der Waals surface area contributed by atoms with Crippen molar-refractivity contribution >= 4 is 28.5 Å². The standard InChI is InChI=1S/C22H36N6O2S/c1-3-31(30)19-10-4-9-18(13-19)27-22(24-2)26-14-16-7-5-11-25-21(16)28-12-6-8-17(15-28)20(23)29/h5,7,11,17-19H,3-4,6,8-10,12-15H2,1-2H3,(H2,23,29)(H2,24,26,27). The second-order valence-corrected chi connectivity index (χ2v) is 10.4. The number of piperidine rings is 1. The van der Waals surface area contributed by atoms with Gasteiger partial charge in [0.25, 0.3) is 0 Å². The van der Waals surface area contributed by atoms with Gasteiger partial charge in [0.1, 0.15) is 5.82 Å². The van der Waals surface area contributed by atoms with Gasteiger partial charge in [-0.05, 0) is 38.2 Å². The first-order valence-electron chi connectivity index (χ1n) is 11.3. The first-order chi connectivity index (χ1) is 15.0. The fraction of sp³-hybridized carbons (Fsp3) is 0.682. The predicted molar refractivity (Wildman–Crippen MR) is 126 cm³/mol. The minimum Gasteiger partial charge on any atom is -0.369 e. The van der Waals surface area contributed by atoms with Crippen molar-refractivity contribution in [1.29, 1.82) is 0 Å². The van der Waals surface area contributed by atoms with Crippen LogP contribution in [-0.4, -0.2) is 58.2 Å². The lowest BCUT2D eigenvalue weighted by molar-refractivity contribution is -0.122. The molecule has 3 rings (SSSR count). The van der Waals surface area contributed by atoms with E-state index in [1.807, 2.05) is 13.0 Å². The monoisotopic (exact) mass is 448 g/mol. The summed E-state index contributed by atoms with van der Waals surface area (Å²) in [5.74, 6) is 2.00. The predicted octanol–water partition coefficient (Wildman–Crippen LogP) is 1.53. The number of pyridine rings is 1. The fourth-order valence-corrected chi connectivity index (χ4v) is 5.92. The van der Waals surface area contributed by atoms with Gasteiger partial charge in [-0.2, -0.15) is 0 Å². The van der Waals surface area contributed by atoms with E-state index in [1.54, 1.807) is 13.2 Å². The highest BCUT2D eigenvalue weighted by Crippen LogP contribution is 2.25. The van der Waals surface area contributed by atoms with Gasteiger partial charge in [-0.3, -0.25) is 14.0 Å². The lowest BCUT2D eigenvalue weighted by atomic mass is 9.95. The maximum Gasteiger partial charge on any atom is 0.222 e. The van der Waals surface area contributed by atoms with Crippen LogP contribution >= 0.6 is 0 Å². The number of aromatic nitrogens is 1. The van der Waals surface area contributed by atoms with Gasteiger partial charge in [0.05, 0.1) is 5.92 Å². The van der Waals surface area contributed by atoms with Crippen molar-refractivity contribution in [2.75, 3.05) is 30.8 Å². The van der Waals surface area contributed by atoms with E-state index in [2.05, 4.69) is 31.6 Å². The number of amides is 1. The first kappa shape index (κ1) is 23.5. The number of nitrogens with one attached hydrogen (secondary N) is 2. The molecule has 1 amide bonds. The zero-order valence-electron chi connectivity index (χ0n) is 18.7. The molecular weight excluding hydrogens is 412 g/mol. The van der Waals surface area contributed by atoms with E-state index in [4.69, 9.17) is 5.73 Å². The molecule has 1 saturated carbocycles. The van der Waals surface area contributed by atoms with Gasteiger partial charge in [-0.25, -0.2) is 4.98 Å². The molecule has 4 unspecified atom stereocenters. The van der Waals surface area contributed by atoms with Crippen molar-refractivity contribution < 1.29 is 9.00 Å². The number of nitrogens with zero attached hydrogens (tertiary/aromatic N) is 3. The molecule has 0 spiro atoms. The van der Waals surface area contributed by atoms with E-state index < -0.39 is 10.8 Å². The van der Waals surface area contributed by atoms with Crippen molar-refractivity contribution in [3.8, 4) is 0 Å². The van der Waals surface area contributed by atoms with Gasteiger partial charge in [-0.1, -0.05) is 19.4 Å². The van der Waals surface area contributed by atoms with E-state index in [0.717, 1.165) is 68.2 Å². The van der Waals surface area contributed by atoms with Crippen LogP contribution in [0.25, 0.3) is 0 Å². The average Bonchev–Trinajstić information content (AvgIpc) is 2.81. The number of primary amides is 1. The molecule has 0 radical (unpaired) electrons. The minimum absolute atomic E-state index is 0.126. The molecular formula is C22H36N6O2S. The second-order valence-electron chi connectivity index (χ2n) is 8.40. The molecule has 2 aliphatic rings. The second kappa shape index (κ2) is 11.5. The van der Waals surface area contributed by atoms with Crippen LogP contribution in [0.2, 0.25) is 0 Å². The normalized spacial score (nSPS) is 25.7. The molecule has 9 heteroatoms. The Kier molecular flexibility index (Phi) is 8.69. The van der Waals surface area contributed by atoms with Crippen LogP contribution in [0.15, 0.2) is 23.3 Å². The Morgan fingerprint density at radius 2 is 2.19 bits per heavy atom. The summed E-state index contributed by atoms with van der Waals surface area (Å²) in [6.45, 7) is 4.06. The number of guanidine groups is 1. The number of hydrogen-bond acceptors (Lipinski definition) is 5. The molecule has 0 aromatic carbocycles. The molecule has 1 aromatic rings. The minimum atomic E-state index is -0.744. The Morgan fingerprint density at radius 1 is 1.35 bits per heavy atom. The summed E-state index contributed by atoms with van der Waals surface area (Å²) in [6.07, 6.45) is 7.69. The Bertz CT molecular complexity index is 802. The summed E-state index contributed by atoms with van der Waals surface area (Å²) in [5, 5.41) is 7.20. The number of anilines is 1. The Morgan fingerprint density at radius 3 is 2.94 bits per heavy atom. The lowest BCUT2D eigenvalue weighted by Crippen LogP contribution is -2.46. The van der Waals surface area contributed by atoms with E-state index >= 15 is 0 Å². The van der Waals surface area contributed by atoms with E-state index in [1.165, 1.54) is 0 Å². The van der Waals surface area contributed by atoms with Crippen molar-refractivity contribution in [2.24, 2.45) is 16.6 Å². The summed E-state index contributed by atoms with van der Waals surface area (Å²) >= 11 is 0. The number of carbonyl (C=O) groups excluding carboxylic acids is 1. The molecule has 1 aliphatic carbocycles. The molecule has 1 aromatic heterocycles.